The zero-order valence-corrected chi connectivity index (χ0v) is 9.79. The van der Waals surface area contributed by atoms with E-state index >= 15 is 0 Å². The summed E-state index contributed by atoms with van der Waals surface area (Å²) in [6, 6.07) is 4.42. The van der Waals surface area contributed by atoms with E-state index in [1.807, 2.05) is 6.92 Å². The number of rotatable bonds is 1. The highest BCUT2D eigenvalue weighted by atomic mass is 16.6. The Labute approximate surface area is 90.9 Å². The maximum Gasteiger partial charge on any atom is 0.158 e. The van der Waals surface area contributed by atoms with Gasteiger partial charge in [0.2, 0.25) is 0 Å². The zero-order chi connectivity index (χ0) is 11.0. The molecule has 1 heterocycles. The van der Waals surface area contributed by atoms with Gasteiger partial charge in [-0.15, -0.1) is 0 Å². The standard InChI is InChI=1S/C13H17NO/c1-8-5-9(2)13(10(3)6-8)12-7-11(4)14-15-12/h5-6,12H,7H2,1-4H3/t12-/m1/s1. The molecule has 0 unspecified atom stereocenters. The first-order valence-electron chi connectivity index (χ1n) is 5.35. The van der Waals surface area contributed by atoms with E-state index < -0.39 is 0 Å². The van der Waals surface area contributed by atoms with Crippen molar-refractivity contribution in [1.29, 1.82) is 0 Å². The van der Waals surface area contributed by atoms with E-state index in [0.717, 1.165) is 12.1 Å². The predicted octanol–water partition coefficient (Wildman–Crippen LogP) is 3.45. The number of benzene rings is 1. The Morgan fingerprint density at radius 2 is 1.73 bits per heavy atom. The van der Waals surface area contributed by atoms with Gasteiger partial charge in [0.15, 0.2) is 6.10 Å². The summed E-state index contributed by atoms with van der Waals surface area (Å²) in [4.78, 5) is 5.44. The van der Waals surface area contributed by atoms with E-state index in [-0.39, 0.29) is 6.10 Å². The molecular weight excluding hydrogens is 186 g/mol. The van der Waals surface area contributed by atoms with Gasteiger partial charge < -0.3 is 4.84 Å². The Morgan fingerprint density at radius 1 is 1.13 bits per heavy atom. The lowest BCUT2D eigenvalue weighted by Crippen LogP contribution is -2.03. The predicted molar refractivity (Wildman–Crippen MR) is 62.2 cm³/mol. The van der Waals surface area contributed by atoms with Crippen LogP contribution >= 0.6 is 0 Å². The second-order valence-electron chi connectivity index (χ2n) is 4.44. The molecule has 0 aromatic heterocycles. The molecule has 15 heavy (non-hydrogen) atoms. The van der Waals surface area contributed by atoms with Crippen LogP contribution in [0, 0.1) is 20.8 Å². The van der Waals surface area contributed by atoms with E-state index in [9.17, 15) is 0 Å². The molecule has 0 bridgehead atoms. The molecule has 2 rings (SSSR count). The summed E-state index contributed by atoms with van der Waals surface area (Å²) >= 11 is 0. The minimum atomic E-state index is 0.130. The van der Waals surface area contributed by atoms with Gasteiger partial charge in [-0.2, -0.15) is 0 Å². The fraction of sp³-hybridized carbons (Fsp3) is 0.462. The first kappa shape index (κ1) is 10.2. The molecule has 2 heteroatoms. The summed E-state index contributed by atoms with van der Waals surface area (Å²) in [7, 11) is 0. The van der Waals surface area contributed by atoms with E-state index in [2.05, 4.69) is 38.1 Å². The topological polar surface area (TPSA) is 21.6 Å². The smallest absolute Gasteiger partial charge is 0.158 e. The Balaban J connectivity index is 2.37. The first-order valence-corrected chi connectivity index (χ1v) is 5.35. The lowest BCUT2D eigenvalue weighted by Gasteiger charge is -2.15. The average Bonchev–Trinajstić information content (AvgIpc) is 2.49. The molecule has 80 valence electrons. The molecule has 0 spiro atoms. The van der Waals surface area contributed by atoms with Crippen molar-refractivity contribution in [1.82, 2.24) is 0 Å². The molecule has 0 saturated heterocycles. The minimum absolute atomic E-state index is 0.130. The molecular formula is C13H17NO. The number of nitrogens with zero attached hydrogens (tertiary/aromatic N) is 1. The third-order valence-electron chi connectivity index (χ3n) is 2.88. The summed E-state index contributed by atoms with van der Waals surface area (Å²) in [5, 5.41) is 4.02. The molecule has 2 nitrogen and oxygen atoms in total. The summed E-state index contributed by atoms with van der Waals surface area (Å²) in [5.74, 6) is 0. The summed E-state index contributed by atoms with van der Waals surface area (Å²) in [6.07, 6.45) is 1.05. The van der Waals surface area contributed by atoms with Crippen molar-refractivity contribution in [2.45, 2.75) is 40.2 Å². The van der Waals surface area contributed by atoms with Crippen molar-refractivity contribution in [2.75, 3.05) is 0 Å². The molecule has 1 aliphatic rings. The highest BCUT2D eigenvalue weighted by molar-refractivity contribution is 5.83. The molecule has 1 aromatic rings. The van der Waals surface area contributed by atoms with E-state index in [1.165, 1.54) is 22.3 Å². The van der Waals surface area contributed by atoms with Gasteiger partial charge in [0.25, 0.3) is 0 Å². The normalized spacial score (nSPS) is 20.0. The monoisotopic (exact) mass is 203 g/mol. The van der Waals surface area contributed by atoms with Gasteiger partial charge >= 0.3 is 0 Å². The number of hydrogen-bond donors (Lipinski definition) is 0. The minimum Gasteiger partial charge on any atom is -0.387 e. The van der Waals surface area contributed by atoms with Gasteiger partial charge in [0.1, 0.15) is 0 Å². The second kappa shape index (κ2) is 3.69. The van der Waals surface area contributed by atoms with Crippen molar-refractivity contribution in [3.8, 4) is 0 Å². The lowest BCUT2D eigenvalue weighted by molar-refractivity contribution is 0.0848. The molecule has 0 fully saturated rings. The van der Waals surface area contributed by atoms with Crippen LogP contribution < -0.4 is 0 Å². The highest BCUT2D eigenvalue weighted by Gasteiger charge is 2.23. The zero-order valence-electron chi connectivity index (χ0n) is 9.79. The third kappa shape index (κ3) is 1.89. The van der Waals surface area contributed by atoms with Crippen molar-refractivity contribution >= 4 is 5.71 Å². The Bertz CT molecular complexity index is 398. The highest BCUT2D eigenvalue weighted by Crippen LogP contribution is 2.32. The van der Waals surface area contributed by atoms with Crippen LogP contribution in [0.2, 0.25) is 0 Å². The van der Waals surface area contributed by atoms with Crippen LogP contribution in [0.4, 0.5) is 0 Å². The van der Waals surface area contributed by atoms with Crippen molar-refractivity contribution < 1.29 is 4.84 Å². The molecule has 1 aromatic carbocycles. The summed E-state index contributed by atoms with van der Waals surface area (Å²) in [6.45, 7) is 8.43. The van der Waals surface area contributed by atoms with Crippen LogP contribution in [0.15, 0.2) is 17.3 Å². The van der Waals surface area contributed by atoms with Gasteiger partial charge in [0, 0.05) is 12.0 Å². The van der Waals surface area contributed by atoms with Crippen molar-refractivity contribution in [3.63, 3.8) is 0 Å². The maximum absolute atomic E-state index is 5.44. The van der Waals surface area contributed by atoms with Crippen LogP contribution in [0.3, 0.4) is 0 Å². The lowest BCUT2D eigenvalue weighted by atomic mass is 9.93. The van der Waals surface area contributed by atoms with Gasteiger partial charge in [0.05, 0.1) is 5.71 Å². The summed E-state index contributed by atoms with van der Waals surface area (Å²) in [5.41, 5.74) is 6.31. The molecule has 0 N–H and O–H groups in total. The van der Waals surface area contributed by atoms with Crippen LogP contribution in [0.25, 0.3) is 0 Å². The Hall–Kier alpha value is -1.31. The van der Waals surface area contributed by atoms with E-state index in [0.29, 0.717) is 0 Å². The van der Waals surface area contributed by atoms with Crippen molar-refractivity contribution in [3.05, 3.63) is 34.4 Å². The van der Waals surface area contributed by atoms with Gasteiger partial charge in [-0.3, -0.25) is 0 Å². The van der Waals surface area contributed by atoms with Crippen molar-refractivity contribution in [2.24, 2.45) is 5.16 Å². The Kier molecular flexibility index (Phi) is 2.51. The largest absolute Gasteiger partial charge is 0.387 e. The SMILES string of the molecule is CC1=NO[C@@H](c2c(C)cc(C)cc2C)C1. The van der Waals surface area contributed by atoms with Gasteiger partial charge in [-0.05, 0) is 38.8 Å². The summed E-state index contributed by atoms with van der Waals surface area (Å²) < 4.78 is 0. The van der Waals surface area contributed by atoms with E-state index in [4.69, 9.17) is 4.84 Å². The van der Waals surface area contributed by atoms with Crippen LogP contribution in [0.5, 0.6) is 0 Å². The number of aryl methyl sites for hydroxylation is 3. The molecule has 0 radical (unpaired) electrons. The first-order chi connectivity index (χ1) is 7.08. The Morgan fingerprint density at radius 3 is 2.20 bits per heavy atom. The molecule has 1 atom stereocenters. The quantitative estimate of drug-likeness (QED) is 0.685. The van der Waals surface area contributed by atoms with Crippen LogP contribution in [0.1, 0.15) is 41.7 Å². The molecule has 1 aliphatic heterocycles. The van der Waals surface area contributed by atoms with Gasteiger partial charge in [-0.25, -0.2) is 0 Å². The van der Waals surface area contributed by atoms with E-state index in [1.54, 1.807) is 0 Å². The van der Waals surface area contributed by atoms with Crippen LogP contribution in [-0.2, 0) is 4.84 Å². The molecule has 0 saturated carbocycles. The fourth-order valence-electron chi connectivity index (χ4n) is 2.35. The molecule has 0 amide bonds. The maximum atomic E-state index is 5.44. The number of oxime groups is 1. The number of hydrogen-bond acceptors (Lipinski definition) is 2. The third-order valence-corrected chi connectivity index (χ3v) is 2.88. The average molecular weight is 203 g/mol. The van der Waals surface area contributed by atoms with Gasteiger partial charge in [-0.1, -0.05) is 22.9 Å². The second-order valence-corrected chi connectivity index (χ2v) is 4.44. The van der Waals surface area contributed by atoms with Crippen LogP contribution in [-0.4, -0.2) is 5.71 Å². The molecule has 0 aliphatic carbocycles. The fourth-order valence-corrected chi connectivity index (χ4v) is 2.35.